The molecule has 3 fully saturated rings. The summed E-state index contributed by atoms with van der Waals surface area (Å²) in [4.78, 5) is 31.7. The van der Waals surface area contributed by atoms with E-state index in [9.17, 15) is 9.59 Å². The second kappa shape index (κ2) is 15.3. The fraction of sp³-hybridized carbons (Fsp3) is 0.618. The van der Waals surface area contributed by atoms with Crippen LogP contribution in [0.3, 0.4) is 0 Å². The van der Waals surface area contributed by atoms with Gasteiger partial charge >= 0.3 is 6.09 Å². The number of anilines is 1. The zero-order valence-corrected chi connectivity index (χ0v) is 28.0. The number of nitriles is 1. The zero-order chi connectivity index (χ0) is 32.7. The highest BCUT2D eigenvalue weighted by Crippen LogP contribution is 2.28. The molecule has 0 bridgehead atoms. The van der Waals surface area contributed by atoms with E-state index in [2.05, 4.69) is 31.4 Å². The number of ether oxygens (including phenoxy) is 2. The van der Waals surface area contributed by atoms with E-state index in [4.69, 9.17) is 26.3 Å². The smallest absolute Gasteiger partial charge is 0.410 e. The van der Waals surface area contributed by atoms with Crippen LogP contribution in [0, 0.1) is 17.2 Å². The first-order valence-corrected chi connectivity index (χ1v) is 16.9. The van der Waals surface area contributed by atoms with Gasteiger partial charge in [-0.15, -0.1) is 10.2 Å². The number of benzene rings is 1. The van der Waals surface area contributed by atoms with E-state index in [1.807, 2.05) is 31.7 Å². The first kappa shape index (κ1) is 33.7. The van der Waals surface area contributed by atoms with Gasteiger partial charge in [-0.3, -0.25) is 9.69 Å². The van der Waals surface area contributed by atoms with Crippen LogP contribution in [0.25, 0.3) is 0 Å². The van der Waals surface area contributed by atoms with Crippen molar-refractivity contribution >= 4 is 29.4 Å². The van der Waals surface area contributed by atoms with Crippen molar-refractivity contribution in [3.63, 3.8) is 0 Å². The Morgan fingerprint density at radius 2 is 1.70 bits per heavy atom. The molecule has 3 heterocycles. The van der Waals surface area contributed by atoms with Crippen molar-refractivity contribution in [3.05, 3.63) is 46.6 Å². The molecule has 1 aromatic carbocycles. The first-order chi connectivity index (χ1) is 22.1. The zero-order valence-electron chi connectivity index (χ0n) is 27.2. The number of aromatic nitrogens is 2. The predicted octanol–water partition coefficient (Wildman–Crippen LogP) is 5.28. The van der Waals surface area contributed by atoms with Crippen LogP contribution in [0.5, 0.6) is 5.75 Å². The molecule has 5 rings (SSSR count). The largest absolute Gasteiger partial charge is 0.490 e. The van der Waals surface area contributed by atoms with Crippen LogP contribution < -0.4 is 15.0 Å². The molecule has 2 aliphatic heterocycles. The summed E-state index contributed by atoms with van der Waals surface area (Å²) in [7, 11) is 0. The summed E-state index contributed by atoms with van der Waals surface area (Å²) in [5.41, 5.74) is 0.294. The minimum absolute atomic E-state index is 0.0434. The molecule has 0 atom stereocenters. The van der Waals surface area contributed by atoms with E-state index in [0.717, 1.165) is 83.5 Å². The molecular formula is C34H46ClN7O4. The summed E-state index contributed by atoms with van der Waals surface area (Å²) in [6.45, 7) is 11.8. The number of amides is 2. The molecule has 46 heavy (non-hydrogen) atoms. The van der Waals surface area contributed by atoms with E-state index in [0.29, 0.717) is 41.0 Å². The van der Waals surface area contributed by atoms with Gasteiger partial charge in [0.25, 0.3) is 5.91 Å². The van der Waals surface area contributed by atoms with Gasteiger partial charge in [-0.25, -0.2) is 4.79 Å². The number of rotatable bonds is 8. The lowest BCUT2D eigenvalue weighted by Crippen LogP contribution is -2.50. The van der Waals surface area contributed by atoms with Crippen molar-refractivity contribution in [1.29, 1.82) is 5.26 Å². The van der Waals surface area contributed by atoms with Crippen LogP contribution in [-0.2, 0) is 4.74 Å². The van der Waals surface area contributed by atoms with Crippen LogP contribution in [0.15, 0.2) is 30.3 Å². The van der Waals surface area contributed by atoms with Crippen molar-refractivity contribution in [3.8, 4) is 11.8 Å². The molecule has 0 radical (unpaired) electrons. The Morgan fingerprint density at radius 1 is 0.978 bits per heavy atom. The Hall–Kier alpha value is -3.62. The van der Waals surface area contributed by atoms with Crippen LogP contribution in [0.4, 0.5) is 10.6 Å². The third-order valence-electron chi connectivity index (χ3n) is 9.07. The fourth-order valence-electron chi connectivity index (χ4n) is 6.35. The van der Waals surface area contributed by atoms with Crippen molar-refractivity contribution in [2.24, 2.45) is 5.92 Å². The topological polar surface area (TPSA) is 124 Å². The standard InChI is InChI=1S/C34H46ClN7O4/c1-34(2,3)46-33(44)42-20-18-40(19-21-42)15-12-24-13-16-41(17-14-24)31-11-10-30(38-39-31)32(43)37-26-5-8-27(9-6-26)45-28-7-4-25(23-36)29(35)22-28/h4,7,10-11,22,24,26-27H,5-6,8-9,12-21H2,1-3H3,(H,37,43). The molecule has 0 spiro atoms. The quantitative estimate of drug-likeness (QED) is 0.406. The summed E-state index contributed by atoms with van der Waals surface area (Å²) < 4.78 is 11.6. The number of hydrogen-bond donors (Lipinski definition) is 1. The van der Waals surface area contributed by atoms with E-state index in [1.54, 1.807) is 24.3 Å². The number of hydrogen-bond acceptors (Lipinski definition) is 9. The average molecular weight is 652 g/mol. The van der Waals surface area contributed by atoms with Crippen molar-refractivity contribution in [2.45, 2.75) is 83.5 Å². The summed E-state index contributed by atoms with van der Waals surface area (Å²) >= 11 is 6.13. The van der Waals surface area contributed by atoms with Crippen molar-refractivity contribution in [2.75, 3.05) is 50.7 Å². The maximum absolute atomic E-state index is 12.9. The monoisotopic (exact) mass is 651 g/mol. The minimum atomic E-state index is -0.464. The minimum Gasteiger partial charge on any atom is -0.490 e. The highest BCUT2D eigenvalue weighted by Gasteiger charge is 2.28. The molecule has 248 valence electrons. The van der Waals surface area contributed by atoms with Gasteiger partial charge in [-0.2, -0.15) is 5.26 Å². The van der Waals surface area contributed by atoms with Gasteiger partial charge < -0.3 is 24.6 Å². The molecule has 11 nitrogen and oxygen atoms in total. The number of halogens is 1. The number of nitrogens with one attached hydrogen (secondary N) is 1. The van der Waals surface area contributed by atoms with Gasteiger partial charge in [0.1, 0.15) is 17.4 Å². The molecule has 2 saturated heterocycles. The molecule has 1 aliphatic carbocycles. The molecule has 1 N–H and O–H groups in total. The van der Waals surface area contributed by atoms with Gasteiger partial charge in [-0.05, 0) is 102 Å². The summed E-state index contributed by atoms with van der Waals surface area (Å²) in [5, 5.41) is 21.2. The highest BCUT2D eigenvalue weighted by atomic mass is 35.5. The summed E-state index contributed by atoms with van der Waals surface area (Å²) in [6, 6.07) is 10.9. The number of carbonyl (C=O) groups is 2. The van der Waals surface area contributed by atoms with E-state index < -0.39 is 5.60 Å². The maximum Gasteiger partial charge on any atom is 0.410 e. The van der Waals surface area contributed by atoms with E-state index in [-0.39, 0.29) is 24.1 Å². The van der Waals surface area contributed by atoms with Crippen molar-refractivity contribution < 1.29 is 19.1 Å². The normalized spacial score (nSPS) is 21.4. The lowest BCUT2D eigenvalue weighted by atomic mass is 9.92. The van der Waals surface area contributed by atoms with Crippen LogP contribution in [0.2, 0.25) is 5.02 Å². The van der Waals surface area contributed by atoms with Gasteiger partial charge in [0.2, 0.25) is 0 Å². The second-order valence-corrected chi connectivity index (χ2v) is 14.0. The molecule has 12 heteroatoms. The maximum atomic E-state index is 12.9. The summed E-state index contributed by atoms with van der Waals surface area (Å²) in [5.74, 6) is 1.94. The molecular weight excluding hydrogens is 606 g/mol. The predicted molar refractivity (Wildman–Crippen MR) is 176 cm³/mol. The number of carbonyl (C=O) groups excluding carboxylic acids is 2. The van der Waals surface area contributed by atoms with Gasteiger partial charge in [-0.1, -0.05) is 11.6 Å². The van der Waals surface area contributed by atoms with E-state index in [1.165, 1.54) is 0 Å². The van der Waals surface area contributed by atoms with Crippen LogP contribution in [0.1, 0.15) is 81.8 Å². The fourth-order valence-corrected chi connectivity index (χ4v) is 6.56. The van der Waals surface area contributed by atoms with Gasteiger partial charge in [0.05, 0.1) is 16.7 Å². The third kappa shape index (κ3) is 9.46. The van der Waals surface area contributed by atoms with Gasteiger partial charge in [0.15, 0.2) is 11.5 Å². The Kier molecular flexibility index (Phi) is 11.2. The first-order valence-electron chi connectivity index (χ1n) is 16.5. The van der Waals surface area contributed by atoms with Crippen molar-refractivity contribution in [1.82, 2.24) is 25.3 Å². The second-order valence-electron chi connectivity index (χ2n) is 13.6. The molecule has 2 aromatic rings. The van der Waals surface area contributed by atoms with Gasteiger partial charge in [0, 0.05) is 51.4 Å². The molecule has 3 aliphatic rings. The SMILES string of the molecule is CC(C)(C)OC(=O)N1CCN(CCC2CCN(c3ccc(C(=O)NC4CCC(Oc5ccc(C#N)c(Cl)c5)CC4)nn3)CC2)CC1. The Morgan fingerprint density at radius 3 is 2.30 bits per heavy atom. The lowest BCUT2D eigenvalue weighted by Gasteiger charge is -2.37. The molecule has 2 amide bonds. The lowest BCUT2D eigenvalue weighted by molar-refractivity contribution is 0.0140. The van der Waals surface area contributed by atoms with E-state index >= 15 is 0 Å². The highest BCUT2D eigenvalue weighted by molar-refractivity contribution is 6.31. The third-order valence-corrected chi connectivity index (χ3v) is 9.39. The molecule has 1 saturated carbocycles. The average Bonchev–Trinajstić information content (AvgIpc) is 3.04. The van der Waals surface area contributed by atoms with Crippen LogP contribution in [-0.4, -0.2) is 95.6 Å². The number of piperidine rings is 1. The number of nitrogens with zero attached hydrogens (tertiary/aromatic N) is 6. The number of piperazine rings is 1. The Balaban J connectivity index is 0.979. The molecule has 0 unspecified atom stereocenters. The Labute approximate surface area is 277 Å². The summed E-state index contributed by atoms with van der Waals surface area (Å²) in [6.07, 6.45) is 6.44. The van der Waals surface area contributed by atoms with Crippen LogP contribution >= 0.6 is 11.6 Å². The molecule has 1 aromatic heterocycles. The Bertz CT molecular complexity index is 1370.